The molecule has 2 N–H and O–H groups in total. The summed E-state index contributed by atoms with van der Waals surface area (Å²) in [6.45, 7) is 3.35. The fourth-order valence-electron chi connectivity index (χ4n) is 2.77. The highest BCUT2D eigenvalue weighted by Crippen LogP contribution is 2.16. The van der Waals surface area contributed by atoms with Gasteiger partial charge in [-0.2, -0.15) is 5.10 Å². The van der Waals surface area contributed by atoms with E-state index in [0.29, 0.717) is 23.6 Å². The second-order valence-corrected chi connectivity index (χ2v) is 6.40. The highest BCUT2D eigenvalue weighted by Gasteiger charge is 2.20. The molecular weight excluding hydrogens is 394 g/mol. The number of carbonyl (C=O) groups is 2. The first-order chi connectivity index (χ1) is 14.4. The maximum absolute atomic E-state index is 13.2. The predicted molar refractivity (Wildman–Crippen MR) is 105 cm³/mol. The SMILES string of the molecule is CCc1c(C(=O)NNC(=O)C(C)Oc2ccc(F)cc2)cnn1-c1ccc(F)cc1. The lowest BCUT2D eigenvalue weighted by Gasteiger charge is -2.15. The van der Waals surface area contributed by atoms with Crippen molar-refractivity contribution in [1.29, 1.82) is 0 Å². The van der Waals surface area contributed by atoms with Gasteiger partial charge in [-0.1, -0.05) is 6.92 Å². The molecule has 30 heavy (non-hydrogen) atoms. The predicted octanol–water partition coefficient (Wildman–Crippen LogP) is 2.94. The van der Waals surface area contributed by atoms with E-state index in [4.69, 9.17) is 4.74 Å². The van der Waals surface area contributed by atoms with E-state index in [1.807, 2.05) is 6.92 Å². The Bertz CT molecular complexity index is 1030. The van der Waals surface area contributed by atoms with Crippen molar-refractivity contribution in [3.63, 3.8) is 0 Å². The van der Waals surface area contributed by atoms with Crippen LogP contribution in [0.4, 0.5) is 8.78 Å². The van der Waals surface area contributed by atoms with E-state index in [-0.39, 0.29) is 11.4 Å². The van der Waals surface area contributed by atoms with Gasteiger partial charge in [-0.3, -0.25) is 20.4 Å². The summed E-state index contributed by atoms with van der Waals surface area (Å²) in [5.74, 6) is -1.61. The van der Waals surface area contributed by atoms with Gasteiger partial charge in [0.25, 0.3) is 11.8 Å². The van der Waals surface area contributed by atoms with Crippen LogP contribution < -0.4 is 15.6 Å². The molecule has 1 aromatic heterocycles. The average Bonchev–Trinajstić information content (AvgIpc) is 3.18. The number of halogens is 2. The molecule has 0 spiro atoms. The Kier molecular flexibility index (Phi) is 6.41. The zero-order chi connectivity index (χ0) is 21.7. The summed E-state index contributed by atoms with van der Waals surface area (Å²) < 4.78 is 33.0. The van der Waals surface area contributed by atoms with Crippen LogP contribution in [-0.4, -0.2) is 27.7 Å². The van der Waals surface area contributed by atoms with Gasteiger partial charge in [0.05, 0.1) is 23.1 Å². The molecule has 7 nitrogen and oxygen atoms in total. The topological polar surface area (TPSA) is 85.2 Å². The molecule has 0 aliphatic carbocycles. The van der Waals surface area contributed by atoms with Crippen LogP contribution in [0.2, 0.25) is 0 Å². The van der Waals surface area contributed by atoms with Crippen LogP contribution >= 0.6 is 0 Å². The molecule has 0 radical (unpaired) electrons. The molecule has 0 saturated heterocycles. The Morgan fingerprint density at radius 1 is 1.03 bits per heavy atom. The standard InChI is InChI=1S/C21H20F2N4O3/c1-3-19-18(12-24-27(19)16-8-4-14(22)5-9-16)21(29)26-25-20(28)13(2)30-17-10-6-15(23)7-11-17/h4-13H,3H2,1-2H3,(H,25,28)(H,26,29). The smallest absolute Gasteiger partial charge is 0.279 e. The number of nitrogens with zero attached hydrogens (tertiary/aromatic N) is 2. The number of ether oxygens (including phenoxy) is 1. The van der Waals surface area contributed by atoms with E-state index in [2.05, 4.69) is 16.0 Å². The summed E-state index contributed by atoms with van der Waals surface area (Å²) in [4.78, 5) is 24.7. The van der Waals surface area contributed by atoms with Crippen LogP contribution in [-0.2, 0) is 11.2 Å². The molecular formula is C21H20F2N4O3. The summed E-state index contributed by atoms with van der Waals surface area (Å²) in [6.07, 6.45) is 0.934. The number of hydrogen-bond acceptors (Lipinski definition) is 4. The van der Waals surface area contributed by atoms with E-state index in [1.165, 1.54) is 54.2 Å². The molecule has 3 aromatic rings. The van der Waals surface area contributed by atoms with E-state index in [0.717, 1.165) is 0 Å². The van der Waals surface area contributed by atoms with Crippen LogP contribution in [0.25, 0.3) is 5.69 Å². The lowest BCUT2D eigenvalue weighted by atomic mass is 10.2. The van der Waals surface area contributed by atoms with Crippen LogP contribution in [0, 0.1) is 11.6 Å². The van der Waals surface area contributed by atoms with Crippen LogP contribution in [0.5, 0.6) is 5.75 Å². The Balaban J connectivity index is 1.63. The second kappa shape index (κ2) is 9.17. The van der Waals surface area contributed by atoms with Crippen molar-refractivity contribution < 1.29 is 23.1 Å². The molecule has 0 aliphatic heterocycles. The van der Waals surface area contributed by atoms with Crippen molar-refractivity contribution in [1.82, 2.24) is 20.6 Å². The highest BCUT2D eigenvalue weighted by molar-refractivity contribution is 5.96. The van der Waals surface area contributed by atoms with Gasteiger partial charge in [-0.25, -0.2) is 13.5 Å². The molecule has 156 valence electrons. The number of aromatic nitrogens is 2. The number of nitrogens with one attached hydrogen (secondary N) is 2. The van der Waals surface area contributed by atoms with Crippen LogP contribution in [0.1, 0.15) is 29.9 Å². The maximum Gasteiger partial charge on any atom is 0.279 e. The normalized spacial score (nSPS) is 11.6. The lowest BCUT2D eigenvalue weighted by molar-refractivity contribution is -0.128. The summed E-state index contributed by atoms with van der Waals surface area (Å²) in [7, 11) is 0. The Labute approximate surface area is 171 Å². The van der Waals surface area contributed by atoms with Crippen molar-refractivity contribution in [2.45, 2.75) is 26.4 Å². The third-order valence-corrected chi connectivity index (χ3v) is 4.31. The first kappa shape index (κ1) is 21.0. The third kappa shape index (κ3) is 4.80. The van der Waals surface area contributed by atoms with Crippen molar-refractivity contribution in [3.8, 4) is 11.4 Å². The molecule has 3 rings (SSSR count). The fourth-order valence-corrected chi connectivity index (χ4v) is 2.77. The molecule has 0 bridgehead atoms. The number of amides is 2. The number of hydrazine groups is 1. The number of benzene rings is 2. The number of carbonyl (C=O) groups excluding carboxylic acids is 2. The quantitative estimate of drug-likeness (QED) is 0.608. The molecule has 2 amide bonds. The summed E-state index contributed by atoms with van der Waals surface area (Å²) >= 11 is 0. The fraction of sp³-hybridized carbons (Fsp3) is 0.190. The largest absolute Gasteiger partial charge is 0.481 e. The zero-order valence-electron chi connectivity index (χ0n) is 16.4. The number of hydrogen-bond donors (Lipinski definition) is 2. The molecule has 1 unspecified atom stereocenters. The first-order valence-electron chi connectivity index (χ1n) is 9.24. The molecule has 0 aliphatic rings. The molecule has 1 atom stereocenters. The molecule has 9 heteroatoms. The maximum atomic E-state index is 13.2. The van der Waals surface area contributed by atoms with Gasteiger partial charge in [0.1, 0.15) is 17.4 Å². The van der Waals surface area contributed by atoms with Gasteiger partial charge in [-0.15, -0.1) is 0 Å². The summed E-state index contributed by atoms with van der Waals surface area (Å²) in [5, 5.41) is 4.20. The first-order valence-corrected chi connectivity index (χ1v) is 9.24. The highest BCUT2D eigenvalue weighted by atomic mass is 19.1. The van der Waals surface area contributed by atoms with E-state index in [9.17, 15) is 18.4 Å². The Morgan fingerprint density at radius 3 is 2.23 bits per heavy atom. The van der Waals surface area contributed by atoms with Crippen molar-refractivity contribution >= 4 is 11.8 Å². The van der Waals surface area contributed by atoms with Gasteiger partial charge >= 0.3 is 0 Å². The van der Waals surface area contributed by atoms with Crippen LogP contribution in [0.3, 0.4) is 0 Å². The van der Waals surface area contributed by atoms with E-state index >= 15 is 0 Å². The minimum atomic E-state index is -0.927. The van der Waals surface area contributed by atoms with E-state index < -0.39 is 23.7 Å². The van der Waals surface area contributed by atoms with Gasteiger partial charge in [-0.05, 0) is 61.9 Å². The van der Waals surface area contributed by atoms with Gasteiger partial charge in [0, 0.05) is 0 Å². The minimum Gasteiger partial charge on any atom is -0.481 e. The van der Waals surface area contributed by atoms with Gasteiger partial charge < -0.3 is 4.74 Å². The molecule has 1 heterocycles. The second-order valence-electron chi connectivity index (χ2n) is 6.40. The number of rotatable bonds is 6. The van der Waals surface area contributed by atoms with Crippen molar-refractivity contribution in [2.75, 3.05) is 0 Å². The molecule has 0 saturated carbocycles. The third-order valence-electron chi connectivity index (χ3n) is 4.31. The zero-order valence-corrected chi connectivity index (χ0v) is 16.4. The average molecular weight is 414 g/mol. The van der Waals surface area contributed by atoms with Gasteiger partial charge in [0.15, 0.2) is 6.10 Å². The van der Waals surface area contributed by atoms with Crippen molar-refractivity contribution in [3.05, 3.63) is 77.6 Å². The summed E-state index contributed by atoms with van der Waals surface area (Å²) in [5.41, 5.74) is 6.11. The minimum absolute atomic E-state index is 0.272. The monoisotopic (exact) mass is 414 g/mol. The molecule has 0 fully saturated rings. The van der Waals surface area contributed by atoms with Gasteiger partial charge in [0.2, 0.25) is 0 Å². The summed E-state index contributed by atoms with van der Waals surface area (Å²) in [6, 6.07) is 10.9. The Hall–Kier alpha value is -3.75. The van der Waals surface area contributed by atoms with Crippen molar-refractivity contribution in [2.24, 2.45) is 0 Å². The van der Waals surface area contributed by atoms with E-state index in [1.54, 1.807) is 12.1 Å². The lowest BCUT2D eigenvalue weighted by Crippen LogP contribution is -2.47. The molecule has 2 aromatic carbocycles. The van der Waals surface area contributed by atoms with Crippen LogP contribution in [0.15, 0.2) is 54.7 Å². The Morgan fingerprint density at radius 2 is 1.63 bits per heavy atom.